The van der Waals surface area contributed by atoms with Crippen molar-refractivity contribution in [1.82, 2.24) is 5.32 Å². The van der Waals surface area contributed by atoms with Gasteiger partial charge in [-0.25, -0.2) is 4.39 Å². The molecule has 0 spiro atoms. The van der Waals surface area contributed by atoms with Gasteiger partial charge in [-0.05, 0) is 54.8 Å². The number of carbonyl (C=O) groups is 2. The van der Waals surface area contributed by atoms with E-state index in [1.165, 1.54) is 12.1 Å². The van der Waals surface area contributed by atoms with Crippen LogP contribution in [0.5, 0.6) is 0 Å². The fourth-order valence-corrected chi connectivity index (χ4v) is 2.64. The summed E-state index contributed by atoms with van der Waals surface area (Å²) in [5, 5.41) is 5.42. The lowest BCUT2D eigenvalue weighted by molar-refractivity contribution is -0.118. The second kappa shape index (κ2) is 5.83. The van der Waals surface area contributed by atoms with Gasteiger partial charge >= 0.3 is 0 Å². The van der Waals surface area contributed by atoms with Gasteiger partial charge in [0, 0.05) is 18.3 Å². The normalized spacial score (nSPS) is 14.9. The van der Waals surface area contributed by atoms with Crippen LogP contribution >= 0.6 is 0 Å². The van der Waals surface area contributed by atoms with E-state index in [4.69, 9.17) is 0 Å². The van der Waals surface area contributed by atoms with Crippen molar-refractivity contribution in [3.63, 3.8) is 0 Å². The van der Waals surface area contributed by atoms with Crippen LogP contribution in [0, 0.1) is 5.82 Å². The molecule has 2 N–H and O–H groups in total. The summed E-state index contributed by atoms with van der Waals surface area (Å²) in [7, 11) is 1.57. The molecule has 0 aliphatic heterocycles. The molecule has 2 amide bonds. The first-order valence-corrected chi connectivity index (χ1v) is 7.45. The van der Waals surface area contributed by atoms with E-state index in [2.05, 4.69) is 10.6 Å². The zero-order valence-electron chi connectivity index (χ0n) is 12.7. The molecule has 5 heteroatoms. The van der Waals surface area contributed by atoms with E-state index in [0.29, 0.717) is 11.3 Å². The lowest BCUT2D eigenvalue weighted by Crippen LogP contribution is -2.27. The SMILES string of the molecule is CNC(=O)c1ccc(NC(=O)C2(c3ccc(F)cc3)CC2)cc1. The van der Waals surface area contributed by atoms with E-state index in [0.717, 1.165) is 18.4 Å². The lowest BCUT2D eigenvalue weighted by Gasteiger charge is -2.16. The Bertz CT molecular complexity index is 735. The van der Waals surface area contributed by atoms with Gasteiger partial charge in [-0.15, -0.1) is 0 Å². The molecule has 4 nitrogen and oxygen atoms in total. The number of amides is 2. The molecule has 0 unspecified atom stereocenters. The molecule has 2 aromatic carbocycles. The minimum atomic E-state index is -0.562. The van der Waals surface area contributed by atoms with E-state index in [-0.39, 0.29) is 17.6 Å². The third kappa shape index (κ3) is 2.95. The largest absolute Gasteiger partial charge is 0.355 e. The highest BCUT2D eigenvalue weighted by Crippen LogP contribution is 2.49. The van der Waals surface area contributed by atoms with E-state index >= 15 is 0 Å². The van der Waals surface area contributed by atoms with Gasteiger partial charge in [0.2, 0.25) is 5.91 Å². The molecule has 3 rings (SSSR count). The standard InChI is InChI=1S/C18H17FN2O2/c1-20-16(22)12-2-8-15(9-3-12)21-17(23)18(10-11-18)13-4-6-14(19)7-5-13/h2-9H,10-11H2,1H3,(H,20,22)(H,21,23). The van der Waals surface area contributed by atoms with E-state index in [1.807, 2.05) is 0 Å². The number of anilines is 1. The number of hydrogen-bond acceptors (Lipinski definition) is 2. The van der Waals surface area contributed by atoms with Crippen LogP contribution in [-0.4, -0.2) is 18.9 Å². The van der Waals surface area contributed by atoms with Gasteiger partial charge in [0.05, 0.1) is 5.41 Å². The Balaban J connectivity index is 1.74. The van der Waals surface area contributed by atoms with Gasteiger partial charge in [-0.1, -0.05) is 12.1 Å². The zero-order chi connectivity index (χ0) is 16.4. The molecule has 1 aliphatic rings. The van der Waals surface area contributed by atoms with Crippen molar-refractivity contribution < 1.29 is 14.0 Å². The maximum Gasteiger partial charge on any atom is 0.251 e. The Hall–Kier alpha value is -2.69. The van der Waals surface area contributed by atoms with Gasteiger partial charge in [0.1, 0.15) is 5.82 Å². The number of benzene rings is 2. The van der Waals surface area contributed by atoms with E-state index in [1.54, 1.807) is 43.4 Å². The highest BCUT2D eigenvalue weighted by atomic mass is 19.1. The summed E-state index contributed by atoms with van der Waals surface area (Å²) < 4.78 is 13.0. The molecule has 1 saturated carbocycles. The van der Waals surface area contributed by atoms with E-state index in [9.17, 15) is 14.0 Å². The van der Waals surface area contributed by atoms with Gasteiger partial charge < -0.3 is 10.6 Å². The Morgan fingerprint density at radius 3 is 2.13 bits per heavy atom. The lowest BCUT2D eigenvalue weighted by atomic mass is 9.95. The molecular formula is C18H17FN2O2. The Kier molecular flexibility index (Phi) is 3.86. The molecule has 0 saturated heterocycles. The van der Waals surface area contributed by atoms with Crippen LogP contribution in [-0.2, 0) is 10.2 Å². The Morgan fingerprint density at radius 1 is 1.00 bits per heavy atom. The van der Waals surface area contributed by atoms with Crippen molar-refractivity contribution in [3.8, 4) is 0 Å². The molecule has 1 aliphatic carbocycles. The number of rotatable bonds is 4. The summed E-state index contributed by atoms with van der Waals surface area (Å²) in [4.78, 5) is 24.1. The quantitative estimate of drug-likeness (QED) is 0.912. The van der Waals surface area contributed by atoms with E-state index < -0.39 is 5.41 Å². The van der Waals surface area contributed by atoms with Crippen LogP contribution in [0.4, 0.5) is 10.1 Å². The van der Waals surface area contributed by atoms with Crippen molar-refractivity contribution in [1.29, 1.82) is 0 Å². The minimum Gasteiger partial charge on any atom is -0.355 e. The molecule has 0 aromatic heterocycles. The molecule has 0 heterocycles. The monoisotopic (exact) mass is 312 g/mol. The maximum absolute atomic E-state index is 13.0. The van der Waals surface area contributed by atoms with Crippen LogP contribution in [0.2, 0.25) is 0 Å². The molecule has 0 radical (unpaired) electrons. The van der Waals surface area contributed by atoms with Crippen molar-refractivity contribution >= 4 is 17.5 Å². The fraction of sp³-hybridized carbons (Fsp3) is 0.222. The zero-order valence-corrected chi connectivity index (χ0v) is 12.7. The highest BCUT2D eigenvalue weighted by molar-refractivity contribution is 6.02. The molecule has 0 bridgehead atoms. The third-order valence-electron chi connectivity index (χ3n) is 4.21. The summed E-state index contributed by atoms with van der Waals surface area (Å²) in [6.45, 7) is 0. The van der Waals surface area contributed by atoms with Crippen LogP contribution in [0.1, 0.15) is 28.8 Å². The summed E-state index contributed by atoms with van der Waals surface area (Å²) in [5.74, 6) is -0.584. The predicted octanol–water partition coefficient (Wildman–Crippen LogP) is 2.86. The Labute approximate surface area is 133 Å². The van der Waals surface area contributed by atoms with Crippen molar-refractivity contribution in [2.75, 3.05) is 12.4 Å². The predicted molar refractivity (Wildman–Crippen MR) is 85.8 cm³/mol. The van der Waals surface area contributed by atoms with Crippen LogP contribution in [0.15, 0.2) is 48.5 Å². The molecule has 0 atom stereocenters. The minimum absolute atomic E-state index is 0.100. The fourth-order valence-electron chi connectivity index (χ4n) is 2.64. The smallest absolute Gasteiger partial charge is 0.251 e. The number of hydrogen-bond donors (Lipinski definition) is 2. The molecule has 23 heavy (non-hydrogen) atoms. The summed E-state index contributed by atoms with van der Waals surface area (Å²) in [6.07, 6.45) is 1.50. The first-order chi connectivity index (χ1) is 11.0. The molecule has 118 valence electrons. The van der Waals surface area contributed by atoms with Gasteiger partial charge in [-0.2, -0.15) is 0 Å². The van der Waals surface area contributed by atoms with Gasteiger partial charge in [0.25, 0.3) is 5.91 Å². The second-order valence-electron chi connectivity index (χ2n) is 5.70. The summed E-state index contributed by atoms with van der Waals surface area (Å²) >= 11 is 0. The Morgan fingerprint density at radius 2 is 1.61 bits per heavy atom. The van der Waals surface area contributed by atoms with Crippen LogP contribution in [0.25, 0.3) is 0 Å². The van der Waals surface area contributed by atoms with Crippen LogP contribution in [0.3, 0.4) is 0 Å². The molecule has 1 fully saturated rings. The molecular weight excluding hydrogens is 295 g/mol. The number of nitrogens with one attached hydrogen (secondary N) is 2. The number of halogens is 1. The topological polar surface area (TPSA) is 58.2 Å². The average molecular weight is 312 g/mol. The van der Waals surface area contributed by atoms with Crippen LogP contribution < -0.4 is 10.6 Å². The van der Waals surface area contributed by atoms with Crippen molar-refractivity contribution in [2.45, 2.75) is 18.3 Å². The highest BCUT2D eigenvalue weighted by Gasteiger charge is 2.51. The first-order valence-electron chi connectivity index (χ1n) is 7.45. The third-order valence-corrected chi connectivity index (χ3v) is 4.21. The second-order valence-corrected chi connectivity index (χ2v) is 5.70. The summed E-state index contributed by atoms with van der Waals surface area (Å²) in [5.41, 5.74) is 1.44. The summed E-state index contributed by atoms with van der Waals surface area (Å²) in [6, 6.07) is 12.8. The first kappa shape index (κ1) is 15.2. The maximum atomic E-state index is 13.0. The molecule has 2 aromatic rings. The van der Waals surface area contributed by atoms with Gasteiger partial charge in [-0.3, -0.25) is 9.59 Å². The van der Waals surface area contributed by atoms with Gasteiger partial charge in [0.15, 0.2) is 0 Å². The average Bonchev–Trinajstić information content (AvgIpc) is 3.37. The van der Waals surface area contributed by atoms with Crippen molar-refractivity contribution in [2.24, 2.45) is 0 Å². The number of carbonyl (C=O) groups excluding carboxylic acids is 2. The van der Waals surface area contributed by atoms with Crippen molar-refractivity contribution in [3.05, 3.63) is 65.5 Å².